The van der Waals surface area contributed by atoms with E-state index >= 15 is 0 Å². The maximum Gasteiger partial charge on any atom is 0.323 e. The zero-order chi connectivity index (χ0) is 14.0. The lowest BCUT2D eigenvalue weighted by Crippen LogP contribution is -2.55. The largest absolute Gasteiger partial charge is 0.480 e. The summed E-state index contributed by atoms with van der Waals surface area (Å²) in [4.78, 5) is 36.4. The van der Waals surface area contributed by atoms with Gasteiger partial charge in [-0.15, -0.1) is 0 Å². The Labute approximate surface area is 114 Å². The molecule has 1 aromatic carbocycles. The summed E-state index contributed by atoms with van der Waals surface area (Å²) in [7, 11) is 0. The number of hydrogen-bond acceptors (Lipinski definition) is 4. The molecule has 6 nitrogen and oxygen atoms in total. The normalized spacial score (nSPS) is 15.8. The SMILES string of the molecule is O=C(O)CN1C(=O)CN(c2cccc(Cl)c2)CC1=O. The molecule has 1 aliphatic rings. The Morgan fingerprint density at radius 1 is 1.26 bits per heavy atom. The van der Waals surface area contributed by atoms with Crippen LogP contribution in [0.3, 0.4) is 0 Å². The zero-order valence-corrected chi connectivity index (χ0v) is 10.6. The lowest BCUT2D eigenvalue weighted by molar-refractivity contribution is -0.153. The summed E-state index contributed by atoms with van der Waals surface area (Å²) >= 11 is 5.85. The van der Waals surface area contributed by atoms with Crippen molar-refractivity contribution in [2.75, 3.05) is 24.5 Å². The fourth-order valence-corrected chi connectivity index (χ4v) is 2.04. The molecule has 1 heterocycles. The molecule has 19 heavy (non-hydrogen) atoms. The zero-order valence-electron chi connectivity index (χ0n) is 9.88. The van der Waals surface area contributed by atoms with E-state index in [1.54, 1.807) is 29.2 Å². The minimum absolute atomic E-state index is 0.0423. The third kappa shape index (κ3) is 3.03. The predicted molar refractivity (Wildman–Crippen MR) is 68.0 cm³/mol. The first-order chi connectivity index (χ1) is 8.97. The van der Waals surface area contributed by atoms with E-state index in [2.05, 4.69) is 0 Å². The van der Waals surface area contributed by atoms with Gasteiger partial charge in [-0.2, -0.15) is 0 Å². The van der Waals surface area contributed by atoms with Crippen LogP contribution in [0.1, 0.15) is 0 Å². The van der Waals surface area contributed by atoms with Crippen molar-refractivity contribution in [3.05, 3.63) is 29.3 Å². The second-order valence-corrected chi connectivity index (χ2v) is 4.54. The van der Waals surface area contributed by atoms with Crippen LogP contribution in [-0.4, -0.2) is 47.4 Å². The summed E-state index contributed by atoms with van der Waals surface area (Å²) in [6, 6.07) is 6.79. The summed E-state index contributed by atoms with van der Waals surface area (Å²) in [5, 5.41) is 9.15. The molecular formula is C12H11ClN2O4. The van der Waals surface area contributed by atoms with Crippen LogP contribution < -0.4 is 4.90 Å². The number of hydrogen-bond donors (Lipinski definition) is 1. The maximum atomic E-state index is 11.8. The van der Waals surface area contributed by atoms with Crippen LogP contribution in [0.25, 0.3) is 0 Å². The van der Waals surface area contributed by atoms with Gasteiger partial charge in [-0.1, -0.05) is 17.7 Å². The van der Waals surface area contributed by atoms with E-state index in [-0.39, 0.29) is 13.1 Å². The predicted octanol–water partition coefficient (Wildman–Crippen LogP) is 0.600. The van der Waals surface area contributed by atoms with Gasteiger partial charge in [0.05, 0.1) is 13.1 Å². The second kappa shape index (κ2) is 5.27. The van der Waals surface area contributed by atoms with Crippen LogP contribution in [0.2, 0.25) is 5.02 Å². The third-order valence-electron chi connectivity index (χ3n) is 2.72. The van der Waals surface area contributed by atoms with Crippen LogP contribution >= 0.6 is 11.6 Å². The van der Waals surface area contributed by atoms with Crippen molar-refractivity contribution in [2.45, 2.75) is 0 Å². The van der Waals surface area contributed by atoms with Gasteiger partial charge in [-0.3, -0.25) is 19.3 Å². The Kier molecular flexibility index (Phi) is 3.71. The number of carboxylic acids is 1. The van der Waals surface area contributed by atoms with E-state index in [1.165, 1.54) is 0 Å². The van der Waals surface area contributed by atoms with Crippen LogP contribution in [-0.2, 0) is 14.4 Å². The molecule has 100 valence electrons. The number of piperazine rings is 1. The van der Waals surface area contributed by atoms with Gasteiger partial charge >= 0.3 is 5.97 Å². The molecule has 1 saturated heterocycles. The first-order valence-corrected chi connectivity index (χ1v) is 5.90. The second-order valence-electron chi connectivity index (χ2n) is 4.10. The van der Waals surface area contributed by atoms with Crippen molar-refractivity contribution in [2.24, 2.45) is 0 Å². The lowest BCUT2D eigenvalue weighted by atomic mass is 10.2. The number of carboxylic acid groups (broad SMARTS) is 1. The number of anilines is 1. The molecule has 7 heteroatoms. The molecule has 2 amide bonds. The number of carbonyl (C=O) groups excluding carboxylic acids is 2. The Morgan fingerprint density at radius 3 is 2.42 bits per heavy atom. The molecule has 0 unspecified atom stereocenters. The highest BCUT2D eigenvalue weighted by Crippen LogP contribution is 2.21. The van der Waals surface area contributed by atoms with Crippen LogP contribution in [0.4, 0.5) is 5.69 Å². The fourth-order valence-electron chi connectivity index (χ4n) is 1.86. The van der Waals surface area contributed by atoms with Gasteiger partial charge in [-0.05, 0) is 18.2 Å². The van der Waals surface area contributed by atoms with Gasteiger partial charge in [0.1, 0.15) is 6.54 Å². The van der Waals surface area contributed by atoms with E-state index in [9.17, 15) is 14.4 Å². The minimum Gasteiger partial charge on any atom is -0.480 e. The van der Waals surface area contributed by atoms with Crippen molar-refractivity contribution < 1.29 is 19.5 Å². The molecule has 1 aliphatic heterocycles. The first-order valence-electron chi connectivity index (χ1n) is 5.53. The van der Waals surface area contributed by atoms with Crippen molar-refractivity contribution in [1.29, 1.82) is 0 Å². The monoisotopic (exact) mass is 282 g/mol. The molecule has 0 radical (unpaired) electrons. The number of halogens is 1. The first kappa shape index (κ1) is 13.4. The molecule has 0 aromatic heterocycles. The summed E-state index contributed by atoms with van der Waals surface area (Å²) in [5.74, 6) is -2.27. The van der Waals surface area contributed by atoms with Gasteiger partial charge < -0.3 is 10.0 Å². The molecule has 0 saturated carbocycles. The lowest BCUT2D eigenvalue weighted by Gasteiger charge is -2.33. The number of carbonyl (C=O) groups is 3. The molecule has 0 atom stereocenters. The molecule has 1 aromatic rings. The molecule has 0 spiro atoms. The summed E-state index contributed by atoms with van der Waals surface area (Å²) < 4.78 is 0. The summed E-state index contributed by atoms with van der Waals surface area (Å²) in [6.45, 7) is -0.681. The molecule has 1 fully saturated rings. The average Bonchev–Trinajstić information content (AvgIpc) is 2.33. The fraction of sp³-hybridized carbons (Fsp3) is 0.250. The van der Waals surface area contributed by atoms with Crippen LogP contribution in [0.5, 0.6) is 0 Å². The number of benzene rings is 1. The van der Waals surface area contributed by atoms with Gasteiger partial charge in [0.25, 0.3) is 0 Å². The number of imide groups is 1. The highest BCUT2D eigenvalue weighted by atomic mass is 35.5. The van der Waals surface area contributed by atoms with Gasteiger partial charge in [-0.25, -0.2) is 0 Å². The quantitative estimate of drug-likeness (QED) is 0.822. The Bertz CT molecular complexity index is 528. The van der Waals surface area contributed by atoms with Crippen LogP contribution in [0, 0.1) is 0 Å². The number of rotatable bonds is 3. The Balaban J connectivity index is 2.15. The van der Waals surface area contributed by atoms with E-state index in [4.69, 9.17) is 16.7 Å². The Morgan fingerprint density at radius 2 is 1.89 bits per heavy atom. The highest BCUT2D eigenvalue weighted by molar-refractivity contribution is 6.30. The number of aliphatic carboxylic acids is 1. The van der Waals surface area contributed by atoms with E-state index in [0.29, 0.717) is 10.7 Å². The molecule has 0 aliphatic carbocycles. The third-order valence-corrected chi connectivity index (χ3v) is 2.96. The number of nitrogens with zero attached hydrogens (tertiary/aromatic N) is 2. The van der Waals surface area contributed by atoms with Crippen molar-refractivity contribution in [3.63, 3.8) is 0 Å². The van der Waals surface area contributed by atoms with Crippen LogP contribution in [0.15, 0.2) is 24.3 Å². The molecule has 1 N–H and O–H groups in total. The maximum absolute atomic E-state index is 11.8. The van der Waals surface area contributed by atoms with E-state index < -0.39 is 24.3 Å². The van der Waals surface area contributed by atoms with Gasteiger partial charge in [0.15, 0.2) is 0 Å². The summed E-state index contributed by atoms with van der Waals surface area (Å²) in [5.41, 5.74) is 0.657. The standard InChI is InChI=1S/C12H11ClN2O4/c13-8-2-1-3-9(4-8)14-5-10(16)15(7-12(18)19)11(17)6-14/h1-4H,5-7H2,(H,18,19). The van der Waals surface area contributed by atoms with E-state index in [0.717, 1.165) is 4.90 Å². The molecule has 2 rings (SSSR count). The van der Waals surface area contributed by atoms with Gasteiger partial charge in [0.2, 0.25) is 11.8 Å². The molecular weight excluding hydrogens is 272 g/mol. The minimum atomic E-state index is -1.21. The van der Waals surface area contributed by atoms with E-state index in [1.807, 2.05) is 0 Å². The van der Waals surface area contributed by atoms with Crippen molar-refractivity contribution >= 4 is 35.1 Å². The smallest absolute Gasteiger partial charge is 0.323 e. The Hall–Kier alpha value is -2.08. The van der Waals surface area contributed by atoms with Crippen molar-refractivity contribution in [1.82, 2.24) is 4.90 Å². The summed E-state index contributed by atoms with van der Waals surface area (Å²) in [6.07, 6.45) is 0. The highest BCUT2D eigenvalue weighted by Gasteiger charge is 2.32. The topological polar surface area (TPSA) is 77.9 Å². The molecule has 0 bridgehead atoms. The average molecular weight is 283 g/mol. The number of amides is 2. The van der Waals surface area contributed by atoms with Crippen molar-refractivity contribution in [3.8, 4) is 0 Å². The van der Waals surface area contributed by atoms with Gasteiger partial charge in [0, 0.05) is 10.7 Å².